The van der Waals surface area contributed by atoms with Crippen LogP contribution in [0.4, 0.5) is 0 Å². The van der Waals surface area contributed by atoms with Gasteiger partial charge in [-0.2, -0.15) is 0 Å². The van der Waals surface area contributed by atoms with E-state index in [4.69, 9.17) is 0 Å². The standard InChI is InChI=1S/C8H9BrN2/c9-8-5-11-4-6-3-10-2-1-7(6)8/h4-5,10H,1-3H2. The molecule has 2 heterocycles. The van der Waals surface area contributed by atoms with Crippen molar-refractivity contribution in [1.29, 1.82) is 0 Å². The van der Waals surface area contributed by atoms with Crippen molar-refractivity contribution in [2.24, 2.45) is 0 Å². The van der Waals surface area contributed by atoms with Gasteiger partial charge in [-0.1, -0.05) is 0 Å². The van der Waals surface area contributed by atoms with Crippen LogP contribution in [0.1, 0.15) is 11.1 Å². The summed E-state index contributed by atoms with van der Waals surface area (Å²) in [6.45, 7) is 2.04. The minimum absolute atomic E-state index is 0.960. The van der Waals surface area contributed by atoms with Crippen molar-refractivity contribution in [3.63, 3.8) is 0 Å². The Bertz CT molecular complexity index is 273. The summed E-state index contributed by atoms with van der Waals surface area (Å²) in [5, 5.41) is 3.31. The summed E-state index contributed by atoms with van der Waals surface area (Å²) in [6, 6.07) is 0. The van der Waals surface area contributed by atoms with Gasteiger partial charge < -0.3 is 5.32 Å². The normalized spacial score (nSPS) is 16.1. The largest absolute Gasteiger partial charge is 0.312 e. The van der Waals surface area contributed by atoms with Crippen molar-refractivity contribution in [3.05, 3.63) is 28.0 Å². The van der Waals surface area contributed by atoms with E-state index in [0.29, 0.717) is 0 Å². The second-order valence-electron chi connectivity index (χ2n) is 2.69. The lowest BCUT2D eigenvalue weighted by atomic mass is 10.0. The molecule has 1 aliphatic heterocycles. The summed E-state index contributed by atoms with van der Waals surface area (Å²) in [5.41, 5.74) is 2.74. The number of halogens is 1. The summed E-state index contributed by atoms with van der Waals surface area (Å²) in [4.78, 5) is 4.11. The van der Waals surface area contributed by atoms with Crippen molar-refractivity contribution in [2.75, 3.05) is 6.54 Å². The molecule has 2 rings (SSSR count). The van der Waals surface area contributed by atoms with E-state index in [2.05, 4.69) is 26.2 Å². The van der Waals surface area contributed by atoms with E-state index in [1.165, 1.54) is 11.1 Å². The van der Waals surface area contributed by atoms with Crippen LogP contribution in [0.3, 0.4) is 0 Å². The first-order valence-corrected chi connectivity index (χ1v) is 4.49. The summed E-state index contributed by atoms with van der Waals surface area (Å²) < 4.78 is 1.15. The Kier molecular flexibility index (Phi) is 1.92. The lowest BCUT2D eigenvalue weighted by Gasteiger charge is -2.16. The minimum Gasteiger partial charge on any atom is -0.312 e. The Morgan fingerprint density at radius 2 is 2.36 bits per heavy atom. The third kappa shape index (κ3) is 1.30. The number of aromatic nitrogens is 1. The molecular formula is C8H9BrN2. The predicted octanol–water partition coefficient (Wildman–Crippen LogP) is 1.49. The average molecular weight is 213 g/mol. The molecule has 1 aromatic rings. The second kappa shape index (κ2) is 2.91. The fourth-order valence-electron chi connectivity index (χ4n) is 1.37. The molecule has 0 saturated carbocycles. The molecular weight excluding hydrogens is 204 g/mol. The Morgan fingerprint density at radius 3 is 3.18 bits per heavy atom. The quantitative estimate of drug-likeness (QED) is 0.706. The van der Waals surface area contributed by atoms with E-state index < -0.39 is 0 Å². The van der Waals surface area contributed by atoms with Crippen molar-refractivity contribution >= 4 is 15.9 Å². The fraction of sp³-hybridized carbons (Fsp3) is 0.375. The molecule has 1 aromatic heterocycles. The van der Waals surface area contributed by atoms with Crippen molar-refractivity contribution in [3.8, 4) is 0 Å². The lowest BCUT2D eigenvalue weighted by molar-refractivity contribution is 0.638. The van der Waals surface area contributed by atoms with Gasteiger partial charge in [0.1, 0.15) is 0 Å². The third-order valence-electron chi connectivity index (χ3n) is 1.96. The summed E-state index contributed by atoms with van der Waals surface area (Å²) in [5.74, 6) is 0. The van der Waals surface area contributed by atoms with Crippen LogP contribution < -0.4 is 5.32 Å². The first-order chi connectivity index (χ1) is 5.38. The van der Waals surface area contributed by atoms with Crippen LogP contribution in [0.25, 0.3) is 0 Å². The molecule has 2 nitrogen and oxygen atoms in total. The average Bonchev–Trinajstić information content (AvgIpc) is 2.06. The van der Waals surface area contributed by atoms with Gasteiger partial charge >= 0.3 is 0 Å². The molecule has 0 saturated heterocycles. The monoisotopic (exact) mass is 212 g/mol. The van der Waals surface area contributed by atoms with E-state index in [0.717, 1.165) is 24.0 Å². The van der Waals surface area contributed by atoms with Crippen molar-refractivity contribution in [2.45, 2.75) is 13.0 Å². The number of fused-ring (bicyclic) bond motifs is 1. The number of hydrogen-bond donors (Lipinski definition) is 1. The zero-order valence-corrected chi connectivity index (χ0v) is 7.69. The molecule has 3 heteroatoms. The van der Waals surface area contributed by atoms with Crippen LogP contribution in [0.15, 0.2) is 16.9 Å². The van der Waals surface area contributed by atoms with E-state index in [-0.39, 0.29) is 0 Å². The Hall–Kier alpha value is -0.410. The van der Waals surface area contributed by atoms with Crippen LogP contribution in [-0.4, -0.2) is 11.5 Å². The number of nitrogens with zero attached hydrogens (tertiary/aromatic N) is 1. The highest BCUT2D eigenvalue weighted by Crippen LogP contribution is 2.21. The smallest absolute Gasteiger partial charge is 0.0413 e. The molecule has 0 spiro atoms. The fourth-order valence-corrected chi connectivity index (χ4v) is 1.94. The highest BCUT2D eigenvalue weighted by atomic mass is 79.9. The topological polar surface area (TPSA) is 24.9 Å². The molecule has 0 fully saturated rings. The van der Waals surface area contributed by atoms with Gasteiger partial charge in [0, 0.05) is 23.4 Å². The zero-order valence-electron chi connectivity index (χ0n) is 6.10. The first kappa shape index (κ1) is 7.25. The summed E-state index contributed by atoms with van der Waals surface area (Å²) >= 11 is 3.49. The SMILES string of the molecule is Brc1cncc2c1CCNC2. The van der Waals surface area contributed by atoms with Crippen LogP contribution in [0, 0.1) is 0 Å². The lowest BCUT2D eigenvalue weighted by Crippen LogP contribution is -2.23. The molecule has 0 amide bonds. The summed E-state index contributed by atoms with van der Waals surface area (Å²) in [7, 11) is 0. The number of pyridine rings is 1. The zero-order chi connectivity index (χ0) is 7.68. The Balaban J connectivity index is 2.49. The van der Waals surface area contributed by atoms with Gasteiger partial charge in [0.2, 0.25) is 0 Å². The first-order valence-electron chi connectivity index (χ1n) is 3.70. The Morgan fingerprint density at radius 1 is 1.45 bits per heavy atom. The van der Waals surface area contributed by atoms with E-state index >= 15 is 0 Å². The van der Waals surface area contributed by atoms with Gasteiger partial charge in [0.05, 0.1) is 0 Å². The van der Waals surface area contributed by atoms with Gasteiger partial charge in [0.15, 0.2) is 0 Å². The molecule has 0 aliphatic carbocycles. The Labute approximate surface area is 74.2 Å². The van der Waals surface area contributed by atoms with Crippen LogP contribution in [0.5, 0.6) is 0 Å². The molecule has 1 aliphatic rings. The molecule has 58 valence electrons. The van der Waals surface area contributed by atoms with Crippen molar-refractivity contribution in [1.82, 2.24) is 10.3 Å². The van der Waals surface area contributed by atoms with Crippen LogP contribution in [-0.2, 0) is 13.0 Å². The third-order valence-corrected chi connectivity index (χ3v) is 2.64. The number of rotatable bonds is 0. The molecule has 0 atom stereocenters. The molecule has 0 bridgehead atoms. The number of hydrogen-bond acceptors (Lipinski definition) is 2. The van der Waals surface area contributed by atoms with Gasteiger partial charge in [-0.15, -0.1) is 0 Å². The van der Waals surface area contributed by atoms with Gasteiger partial charge in [-0.05, 0) is 40.0 Å². The predicted molar refractivity (Wildman–Crippen MR) is 47.3 cm³/mol. The highest BCUT2D eigenvalue weighted by Gasteiger charge is 2.10. The molecule has 1 N–H and O–H groups in total. The second-order valence-corrected chi connectivity index (χ2v) is 3.54. The van der Waals surface area contributed by atoms with Gasteiger partial charge in [-0.3, -0.25) is 4.98 Å². The molecule has 0 aromatic carbocycles. The maximum Gasteiger partial charge on any atom is 0.0413 e. The highest BCUT2D eigenvalue weighted by molar-refractivity contribution is 9.10. The van der Waals surface area contributed by atoms with Gasteiger partial charge in [0.25, 0.3) is 0 Å². The van der Waals surface area contributed by atoms with Crippen molar-refractivity contribution < 1.29 is 0 Å². The van der Waals surface area contributed by atoms with Crippen LogP contribution >= 0.6 is 15.9 Å². The summed E-state index contributed by atoms with van der Waals surface area (Å²) in [6.07, 6.45) is 4.91. The number of nitrogens with one attached hydrogen (secondary N) is 1. The molecule has 0 radical (unpaired) electrons. The van der Waals surface area contributed by atoms with E-state index in [1.807, 2.05) is 12.4 Å². The van der Waals surface area contributed by atoms with Crippen LogP contribution in [0.2, 0.25) is 0 Å². The van der Waals surface area contributed by atoms with Gasteiger partial charge in [-0.25, -0.2) is 0 Å². The maximum absolute atomic E-state index is 4.11. The molecule has 0 unspecified atom stereocenters. The maximum atomic E-state index is 4.11. The molecule has 11 heavy (non-hydrogen) atoms. The van der Waals surface area contributed by atoms with E-state index in [1.54, 1.807) is 0 Å². The minimum atomic E-state index is 0.960. The van der Waals surface area contributed by atoms with E-state index in [9.17, 15) is 0 Å².